The summed E-state index contributed by atoms with van der Waals surface area (Å²) >= 11 is 9.44. The first-order valence-electron chi connectivity index (χ1n) is 6.24. The molecule has 0 atom stereocenters. The van der Waals surface area contributed by atoms with Crippen molar-refractivity contribution < 1.29 is 9.59 Å². The third kappa shape index (κ3) is 2.18. The number of nitrogens with zero attached hydrogens (tertiary/aromatic N) is 3. The zero-order chi connectivity index (χ0) is 15.3. The van der Waals surface area contributed by atoms with Gasteiger partial charge in [0.1, 0.15) is 0 Å². The van der Waals surface area contributed by atoms with Gasteiger partial charge >= 0.3 is 0 Å². The van der Waals surface area contributed by atoms with Gasteiger partial charge in [-0.3, -0.25) is 19.2 Å². The fourth-order valence-corrected chi connectivity index (χ4v) is 3.05. The van der Waals surface area contributed by atoms with Crippen molar-refractivity contribution in [3.05, 3.63) is 44.6 Å². The molecule has 2 aromatic rings. The van der Waals surface area contributed by atoms with Crippen molar-refractivity contribution in [2.75, 3.05) is 4.90 Å². The fourth-order valence-electron chi connectivity index (χ4n) is 2.43. The lowest BCUT2D eigenvalue weighted by Gasteiger charge is -2.17. The summed E-state index contributed by atoms with van der Waals surface area (Å²) in [6.45, 7) is 2.13. The number of benzene rings is 1. The number of amides is 1. The molecule has 0 unspecified atom stereocenters. The zero-order valence-corrected chi connectivity index (χ0v) is 13.7. The lowest BCUT2D eigenvalue weighted by atomic mass is 10.1. The van der Waals surface area contributed by atoms with E-state index in [4.69, 9.17) is 11.6 Å². The maximum Gasteiger partial charge on any atom is 0.299 e. The third-order valence-electron chi connectivity index (χ3n) is 3.50. The molecule has 2 heterocycles. The highest BCUT2D eigenvalue weighted by atomic mass is 79.9. The van der Waals surface area contributed by atoms with E-state index >= 15 is 0 Å². The summed E-state index contributed by atoms with van der Waals surface area (Å²) in [4.78, 5) is 25.6. The number of aromatic nitrogens is 2. The van der Waals surface area contributed by atoms with E-state index in [9.17, 15) is 9.59 Å². The Morgan fingerprint density at radius 2 is 2.05 bits per heavy atom. The standard InChI is InChI=1S/C14H11BrClN3O2/c1-7-12(15)11(18(2)17-7)6-19-10-5-8(16)3-4-9(10)13(20)14(19)21/h3-5H,6H2,1-2H3. The summed E-state index contributed by atoms with van der Waals surface area (Å²) in [6, 6.07) is 4.83. The van der Waals surface area contributed by atoms with Crippen molar-refractivity contribution in [2.45, 2.75) is 13.5 Å². The summed E-state index contributed by atoms with van der Waals surface area (Å²) in [5.41, 5.74) is 2.58. The van der Waals surface area contributed by atoms with Crippen LogP contribution in [-0.2, 0) is 18.4 Å². The minimum absolute atomic E-state index is 0.260. The van der Waals surface area contributed by atoms with Gasteiger partial charge in [-0.1, -0.05) is 11.6 Å². The normalized spacial score (nSPS) is 14.0. The van der Waals surface area contributed by atoms with Crippen LogP contribution in [0.1, 0.15) is 21.7 Å². The van der Waals surface area contributed by atoms with Gasteiger partial charge in [-0.25, -0.2) is 0 Å². The Morgan fingerprint density at radius 1 is 1.33 bits per heavy atom. The fraction of sp³-hybridized carbons (Fsp3) is 0.214. The van der Waals surface area contributed by atoms with Crippen LogP contribution in [0.5, 0.6) is 0 Å². The van der Waals surface area contributed by atoms with Gasteiger partial charge in [0.2, 0.25) is 0 Å². The molecule has 1 aromatic carbocycles. The number of hydrogen-bond acceptors (Lipinski definition) is 3. The van der Waals surface area contributed by atoms with Crippen LogP contribution in [0.2, 0.25) is 5.02 Å². The van der Waals surface area contributed by atoms with Crippen molar-refractivity contribution >= 4 is 44.9 Å². The maximum atomic E-state index is 12.2. The molecule has 0 saturated carbocycles. The lowest BCUT2D eigenvalue weighted by Crippen LogP contribution is -2.30. The van der Waals surface area contributed by atoms with Crippen molar-refractivity contribution in [3.8, 4) is 0 Å². The van der Waals surface area contributed by atoms with Gasteiger partial charge in [0.15, 0.2) is 0 Å². The third-order valence-corrected chi connectivity index (χ3v) is 4.77. The molecule has 0 spiro atoms. The van der Waals surface area contributed by atoms with Crippen LogP contribution in [0.4, 0.5) is 5.69 Å². The summed E-state index contributed by atoms with van der Waals surface area (Å²) in [6.07, 6.45) is 0. The zero-order valence-electron chi connectivity index (χ0n) is 11.4. The smallest absolute Gasteiger partial charge is 0.299 e. The van der Waals surface area contributed by atoms with Crippen molar-refractivity contribution in [3.63, 3.8) is 0 Å². The number of anilines is 1. The molecular formula is C14H11BrClN3O2. The molecule has 1 aliphatic heterocycles. The van der Waals surface area contributed by atoms with Gasteiger partial charge in [0.25, 0.3) is 11.7 Å². The second-order valence-electron chi connectivity index (χ2n) is 4.85. The van der Waals surface area contributed by atoms with E-state index in [-0.39, 0.29) is 6.54 Å². The molecule has 0 bridgehead atoms. The van der Waals surface area contributed by atoms with Gasteiger partial charge in [-0.05, 0) is 41.1 Å². The highest BCUT2D eigenvalue weighted by molar-refractivity contribution is 9.10. The van der Waals surface area contributed by atoms with Crippen LogP contribution < -0.4 is 4.90 Å². The van der Waals surface area contributed by atoms with E-state index in [1.807, 2.05) is 6.92 Å². The number of carbonyl (C=O) groups excluding carboxylic acids is 2. The Bertz CT molecular complexity index is 785. The first kappa shape index (κ1) is 14.3. The topological polar surface area (TPSA) is 55.2 Å². The molecule has 1 aromatic heterocycles. The summed E-state index contributed by atoms with van der Waals surface area (Å²) in [5.74, 6) is -1.05. The Balaban J connectivity index is 2.06. The molecule has 108 valence electrons. The molecule has 21 heavy (non-hydrogen) atoms. The highest BCUT2D eigenvalue weighted by Crippen LogP contribution is 2.34. The van der Waals surface area contributed by atoms with Gasteiger partial charge in [0, 0.05) is 12.1 Å². The second-order valence-corrected chi connectivity index (χ2v) is 6.08. The van der Waals surface area contributed by atoms with E-state index in [0.717, 1.165) is 15.9 Å². The second kappa shape index (κ2) is 4.96. The number of carbonyl (C=O) groups is 2. The number of halogens is 2. The molecule has 0 fully saturated rings. The van der Waals surface area contributed by atoms with Gasteiger partial charge in [-0.15, -0.1) is 0 Å². The van der Waals surface area contributed by atoms with E-state index in [1.54, 1.807) is 29.9 Å². The minimum atomic E-state index is -0.544. The Hall–Kier alpha value is -1.66. The molecule has 1 amide bonds. The number of fused-ring (bicyclic) bond motifs is 1. The molecular weight excluding hydrogens is 358 g/mol. The first-order valence-corrected chi connectivity index (χ1v) is 7.41. The van der Waals surface area contributed by atoms with E-state index < -0.39 is 11.7 Å². The molecule has 0 radical (unpaired) electrons. The Labute approximate surface area is 134 Å². The number of aryl methyl sites for hydroxylation is 2. The van der Waals surface area contributed by atoms with Crippen molar-refractivity contribution in [2.24, 2.45) is 7.05 Å². The van der Waals surface area contributed by atoms with Gasteiger partial charge in [-0.2, -0.15) is 5.10 Å². The number of ketones is 1. The number of rotatable bonds is 2. The molecule has 0 N–H and O–H groups in total. The van der Waals surface area contributed by atoms with E-state index in [1.165, 1.54) is 4.90 Å². The Morgan fingerprint density at radius 3 is 2.67 bits per heavy atom. The largest absolute Gasteiger partial charge is 0.299 e. The van der Waals surface area contributed by atoms with Crippen LogP contribution in [0.25, 0.3) is 0 Å². The maximum absolute atomic E-state index is 12.2. The molecule has 7 heteroatoms. The number of Topliss-reactive ketones (excluding diaryl/α,β-unsaturated/α-hetero) is 1. The van der Waals surface area contributed by atoms with Crippen LogP contribution in [0.3, 0.4) is 0 Å². The van der Waals surface area contributed by atoms with E-state index in [0.29, 0.717) is 16.3 Å². The average Bonchev–Trinajstić information content (AvgIpc) is 2.81. The monoisotopic (exact) mass is 367 g/mol. The molecule has 1 aliphatic rings. The van der Waals surface area contributed by atoms with Crippen molar-refractivity contribution in [1.82, 2.24) is 9.78 Å². The van der Waals surface area contributed by atoms with Gasteiger partial charge < -0.3 is 0 Å². The summed E-state index contributed by atoms with van der Waals surface area (Å²) in [7, 11) is 1.80. The van der Waals surface area contributed by atoms with Gasteiger partial charge in [0.05, 0.1) is 33.7 Å². The summed E-state index contributed by atoms with van der Waals surface area (Å²) < 4.78 is 2.53. The quantitative estimate of drug-likeness (QED) is 0.766. The van der Waals surface area contributed by atoms with Crippen LogP contribution in [-0.4, -0.2) is 21.5 Å². The highest BCUT2D eigenvalue weighted by Gasteiger charge is 2.36. The Kier molecular flexibility index (Phi) is 3.37. The van der Waals surface area contributed by atoms with Crippen LogP contribution in [0.15, 0.2) is 22.7 Å². The molecule has 5 nitrogen and oxygen atoms in total. The molecule has 0 saturated heterocycles. The van der Waals surface area contributed by atoms with Crippen molar-refractivity contribution in [1.29, 1.82) is 0 Å². The predicted octanol–water partition coefficient (Wildman–Crippen LogP) is 2.87. The predicted molar refractivity (Wildman–Crippen MR) is 82.6 cm³/mol. The van der Waals surface area contributed by atoms with Crippen LogP contribution in [0, 0.1) is 6.92 Å². The first-order chi connectivity index (χ1) is 9.90. The summed E-state index contributed by atoms with van der Waals surface area (Å²) in [5, 5.41) is 4.78. The number of hydrogen-bond donors (Lipinski definition) is 0. The average molecular weight is 369 g/mol. The minimum Gasteiger partial charge on any atom is -0.299 e. The molecule has 3 rings (SSSR count). The van der Waals surface area contributed by atoms with Crippen LogP contribution >= 0.6 is 27.5 Å². The van der Waals surface area contributed by atoms with E-state index in [2.05, 4.69) is 21.0 Å². The SMILES string of the molecule is Cc1nn(C)c(CN2C(=O)C(=O)c3ccc(Cl)cc32)c1Br. The lowest BCUT2D eigenvalue weighted by molar-refractivity contribution is -0.114. The molecule has 0 aliphatic carbocycles.